The van der Waals surface area contributed by atoms with Gasteiger partial charge in [0.1, 0.15) is 12.2 Å². The van der Waals surface area contributed by atoms with Crippen LogP contribution < -0.4 is 0 Å². The monoisotopic (exact) mass is 210 g/mol. The fourth-order valence-electron chi connectivity index (χ4n) is 1.29. The predicted octanol–water partition coefficient (Wildman–Crippen LogP) is 1.61. The van der Waals surface area contributed by atoms with Crippen LogP contribution in [0.15, 0.2) is 24.5 Å². The third kappa shape index (κ3) is 1.56. The number of hydrogen-bond acceptors (Lipinski definition) is 2. The second-order valence-electron chi connectivity index (χ2n) is 2.88. The molecular weight excluding hydrogens is 204 g/mol. The topological polar surface area (TPSA) is 54.6 Å². The number of pyridine rings is 1. The molecule has 0 unspecified atom stereocenters. The second-order valence-corrected chi connectivity index (χ2v) is 3.32. The van der Waals surface area contributed by atoms with Gasteiger partial charge in [0.05, 0.1) is 11.7 Å². The first-order valence-electron chi connectivity index (χ1n) is 4.00. The van der Waals surface area contributed by atoms with Gasteiger partial charge >= 0.3 is 5.97 Å². The SMILES string of the molecule is O=C(O)Cc1ncc2cc(Cl)ccn12. The highest BCUT2D eigenvalue weighted by Gasteiger charge is 2.07. The normalized spacial score (nSPS) is 10.6. The number of rotatable bonds is 2. The fourth-order valence-corrected chi connectivity index (χ4v) is 1.46. The van der Waals surface area contributed by atoms with Gasteiger partial charge in [-0.3, -0.25) is 4.79 Å². The van der Waals surface area contributed by atoms with Gasteiger partial charge in [-0.2, -0.15) is 0 Å². The summed E-state index contributed by atoms with van der Waals surface area (Å²) in [6, 6.07) is 3.43. The van der Waals surface area contributed by atoms with Gasteiger partial charge in [0.15, 0.2) is 0 Å². The van der Waals surface area contributed by atoms with Gasteiger partial charge in [-0.1, -0.05) is 11.6 Å². The van der Waals surface area contributed by atoms with E-state index in [0.717, 1.165) is 5.52 Å². The molecular formula is C9H7ClN2O2. The molecule has 4 nitrogen and oxygen atoms in total. The number of nitrogens with zero attached hydrogens (tertiary/aromatic N) is 2. The fraction of sp³-hybridized carbons (Fsp3) is 0.111. The molecule has 2 aromatic rings. The van der Waals surface area contributed by atoms with Crippen LogP contribution in [0.5, 0.6) is 0 Å². The first-order valence-corrected chi connectivity index (χ1v) is 4.38. The van der Waals surface area contributed by atoms with Crippen LogP contribution in [0.25, 0.3) is 5.52 Å². The van der Waals surface area contributed by atoms with Gasteiger partial charge in [0.2, 0.25) is 0 Å². The standard InChI is InChI=1S/C9H7ClN2O2/c10-6-1-2-12-7(3-6)5-11-8(12)4-9(13)14/h1-3,5H,4H2,(H,13,14). The van der Waals surface area contributed by atoms with E-state index in [1.807, 2.05) is 0 Å². The number of carboxylic acids is 1. The van der Waals surface area contributed by atoms with E-state index in [-0.39, 0.29) is 6.42 Å². The van der Waals surface area contributed by atoms with E-state index >= 15 is 0 Å². The molecule has 2 rings (SSSR count). The molecule has 0 amide bonds. The average Bonchev–Trinajstić information content (AvgIpc) is 2.47. The smallest absolute Gasteiger partial charge is 0.311 e. The highest BCUT2D eigenvalue weighted by molar-refractivity contribution is 6.30. The van der Waals surface area contributed by atoms with E-state index in [9.17, 15) is 4.79 Å². The summed E-state index contributed by atoms with van der Waals surface area (Å²) in [5, 5.41) is 9.23. The number of hydrogen-bond donors (Lipinski definition) is 1. The minimum Gasteiger partial charge on any atom is -0.481 e. The van der Waals surface area contributed by atoms with Crippen molar-refractivity contribution in [1.29, 1.82) is 0 Å². The van der Waals surface area contributed by atoms with Gasteiger partial charge in [-0.25, -0.2) is 4.98 Å². The zero-order valence-corrected chi connectivity index (χ0v) is 7.90. The summed E-state index contributed by atoms with van der Waals surface area (Å²) < 4.78 is 1.71. The maximum atomic E-state index is 10.5. The zero-order chi connectivity index (χ0) is 10.1. The van der Waals surface area contributed by atoms with Crippen molar-refractivity contribution in [2.45, 2.75) is 6.42 Å². The highest BCUT2D eigenvalue weighted by Crippen LogP contribution is 2.13. The van der Waals surface area contributed by atoms with E-state index in [1.54, 1.807) is 28.9 Å². The number of imidazole rings is 1. The van der Waals surface area contributed by atoms with E-state index in [1.165, 1.54) is 0 Å². The van der Waals surface area contributed by atoms with E-state index in [2.05, 4.69) is 4.98 Å². The number of halogens is 1. The molecule has 14 heavy (non-hydrogen) atoms. The zero-order valence-electron chi connectivity index (χ0n) is 7.14. The molecule has 2 aromatic heterocycles. The summed E-state index contributed by atoms with van der Waals surface area (Å²) in [5.74, 6) is -0.392. The Hall–Kier alpha value is -1.55. The Morgan fingerprint density at radius 3 is 3.14 bits per heavy atom. The third-order valence-corrected chi connectivity index (χ3v) is 2.12. The van der Waals surface area contributed by atoms with Crippen LogP contribution in [0.4, 0.5) is 0 Å². The largest absolute Gasteiger partial charge is 0.481 e. The van der Waals surface area contributed by atoms with Crippen molar-refractivity contribution < 1.29 is 9.90 Å². The molecule has 0 fully saturated rings. The van der Waals surface area contributed by atoms with Gasteiger partial charge in [0.25, 0.3) is 0 Å². The lowest BCUT2D eigenvalue weighted by atomic mass is 10.4. The lowest BCUT2D eigenvalue weighted by molar-refractivity contribution is -0.136. The van der Waals surface area contributed by atoms with E-state index in [0.29, 0.717) is 10.8 Å². The average molecular weight is 211 g/mol. The second kappa shape index (κ2) is 3.31. The molecule has 1 N–H and O–H groups in total. The summed E-state index contributed by atoms with van der Waals surface area (Å²) >= 11 is 5.78. The minimum absolute atomic E-state index is 0.0875. The number of carbonyl (C=O) groups is 1. The molecule has 0 atom stereocenters. The van der Waals surface area contributed by atoms with Crippen LogP contribution in [-0.4, -0.2) is 20.5 Å². The van der Waals surface area contributed by atoms with Crippen molar-refractivity contribution in [3.05, 3.63) is 35.4 Å². The van der Waals surface area contributed by atoms with Crippen molar-refractivity contribution in [3.63, 3.8) is 0 Å². The van der Waals surface area contributed by atoms with Crippen LogP contribution in [0, 0.1) is 0 Å². The molecule has 72 valence electrons. The minimum atomic E-state index is -0.896. The maximum absolute atomic E-state index is 10.5. The summed E-state index contributed by atoms with van der Waals surface area (Å²) in [6.45, 7) is 0. The van der Waals surface area contributed by atoms with Gasteiger partial charge in [0, 0.05) is 11.2 Å². The molecule has 0 radical (unpaired) electrons. The molecule has 0 aliphatic heterocycles. The molecule has 5 heteroatoms. The van der Waals surface area contributed by atoms with Crippen LogP contribution >= 0.6 is 11.6 Å². The first kappa shape index (κ1) is 9.02. The van der Waals surface area contributed by atoms with Crippen molar-refractivity contribution in [1.82, 2.24) is 9.38 Å². The molecule has 0 saturated carbocycles. The summed E-state index contributed by atoms with van der Waals surface area (Å²) in [6.07, 6.45) is 3.23. The highest BCUT2D eigenvalue weighted by atomic mass is 35.5. The van der Waals surface area contributed by atoms with Crippen LogP contribution in [0.3, 0.4) is 0 Å². The Kier molecular flexibility index (Phi) is 2.13. The van der Waals surface area contributed by atoms with Crippen molar-refractivity contribution >= 4 is 23.1 Å². The van der Waals surface area contributed by atoms with Gasteiger partial charge in [-0.05, 0) is 12.1 Å². The first-order chi connectivity index (χ1) is 6.66. The number of aromatic nitrogens is 2. The molecule has 0 aliphatic rings. The summed E-state index contributed by atoms with van der Waals surface area (Å²) in [4.78, 5) is 14.5. The molecule has 0 spiro atoms. The summed E-state index contributed by atoms with van der Waals surface area (Å²) in [5.41, 5.74) is 0.800. The van der Waals surface area contributed by atoms with Crippen molar-refractivity contribution in [2.24, 2.45) is 0 Å². The molecule has 2 heterocycles. The lowest BCUT2D eigenvalue weighted by Gasteiger charge is -1.98. The van der Waals surface area contributed by atoms with Gasteiger partial charge < -0.3 is 9.51 Å². The van der Waals surface area contributed by atoms with Gasteiger partial charge in [-0.15, -0.1) is 0 Å². The Bertz CT molecular complexity index is 493. The maximum Gasteiger partial charge on any atom is 0.311 e. The molecule has 0 saturated heterocycles. The third-order valence-electron chi connectivity index (χ3n) is 1.88. The van der Waals surface area contributed by atoms with Crippen molar-refractivity contribution in [3.8, 4) is 0 Å². The molecule has 0 bridgehead atoms. The number of fused-ring (bicyclic) bond motifs is 1. The lowest BCUT2D eigenvalue weighted by Crippen LogP contribution is -2.04. The quantitative estimate of drug-likeness (QED) is 0.820. The predicted molar refractivity (Wildman–Crippen MR) is 51.5 cm³/mol. The van der Waals surface area contributed by atoms with E-state index < -0.39 is 5.97 Å². The van der Waals surface area contributed by atoms with E-state index in [4.69, 9.17) is 16.7 Å². The number of carboxylic acid groups (broad SMARTS) is 1. The molecule has 0 aliphatic carbocycles. The van der Waals surface area contributed by atoms with Crippen LogP contribution in [0.2, 0.25) is 5.02 Å². The Balaban J connectivity index is 2.52. The Morgan fingerprint density at radius 2 is 2.43 bits per heavy atom. The number of aliphatic carboxylic acids is 1. The van der Waals surface area contributed by atoms with Crippen LogP contribution in [0.1, 0.15) is 5.82 Å². The Labute approximate surface area is 84.8 Å². The molecule has 0 aromatic carbocycles. The van der Waals surface area contributed by atoms with Crippen molar-refractivity contribution in [2.75, 3.05) is 0 Å². The Morgan fingerprint density at radius 1 is 1.64 bits per heavy atom. The van der Waals surface area contributed by atoms with Crippen LogP contribution in [-0.2, 0) is 11.2 Å². The summed E-state index contributed by atoms with van der Waals surface area (Å²) in [7, 11) is 0.